The molecule has 5 heteroatoms. The minimum atomic E-state index is -0.515. The highest BCUT2D eigenvalue weighted by molar-refractivity contribution is 5.93. The van der Waals surface area contributed by atoms with E-state index in [1.165, 1.54) is 6.08 Å². The molecule has 1 aliphatic heterocycles. The van der Waals surface area contributed by atoms with E-state index in [-0.39, 0.29) is 0 Å². The predicted octanol–water partition coefficient (Wildman–Crippen LogP) is -1.91. The van der Waals surface area contributed by atoms with E-state index in [4.69, 9.17) is 17.2 Å². The molecule has 0 saturated carbocycles. The maximum atomic E-state index is 10.6. The van der Waals surface area contributed by atoms with E-state index in [2.05, 4.69) is 5.32 Å². The van der Waals surface area contributed by atoms with Crippen LogP contribution >= 0.6 is 0 Å². The van der Waals surface area contributed by atoms with Crippen LogP contribution in [0.15, 0.2) is 23.2 Å². The first-order chi connectivity index (χ1) is 5.11. The van der Waals surface area contributed by atoms with Gasteiger partial charge in [-0.2, -0.15) is 0 Å². The lowest BCUT2D eigenvalue weighted by atomic mass is 10.1. The van der Waals surface area contributed by atoms with Gasteiger partial charge < -0.3 is 22.5 Å². The average Bonchev–Trinajstić information content (AvgIpc) is 1.85. The Morgan fingerprint density at radius 1 is 1.55 bits per heavy atom. The lowest BCUT2D eigenvalue weighted by Gasteiger charge is -2.14. The third-order valence-corrected chi connectivity index (χ3v) is 1.43. The molecule has 0 aromatic rings. The molecule has 60 valence electrons. The number of nitrogens with two attached hydrogens (primary N) is 3. The predicted molar refractivity (Wildman–Crippen MR) is 40.7 cm³/mol. The van der Waals surface area contributed by atoms with Gasteiger partial charge in [-0.25, -0.2) is 0 Å². The highest BCUT2D eigenvalue weighted by atomic mass is 16.1. The van der Waals surface area contributed by atoms with Crippen LogP contribution in [0.5, 0.6) is 0 Å². The number of primary amides is 1. The molecule has 7 N–H and O–H groups in total. The van der Waals surface area contributed by atoms with E-state index in [9.17, 15) is 4.79 Å². The van der Waals surface area contributed by atoms with Gasteiger partial charge in [0.15, 0.2) is 0 Å². The number of carbonyl (C=O) groups excluding carboxylic acids is 1. The van der Waals surface area contributed by atoms with Gasteiger partial charge in [-0.15, -0.1) is 0 Å². The van der Waals surface area contributed by atoms with Crippen molar-refractivity contribution >= 4 is 5.91 Å². The van der Waals surface area contributed by atoms with Gasteiger partial charge in [0.1, 0.15) is 0 Å². The van der Waals surface area contributed by atoms with Crippen LogP contribution in [0.2, 0.25) is 0 Å². The molecular weight excluding hydrogens is 144 g/mol. The topological polar surface area (TPSA) is 107 Å². The number of carbonyl (C=O) groups is 1. The van der Waals surface area contributed by atoms with Crippen molar-refractivity contribution in [2.24, 2.45) is 17.2 Å². The van der Waals surface area contributed by atoms with Gasteiger partial charge in [0.25, 0.3) is 0 Å². The zero-order valence-corrected chi connectivity index (χ0v) is 5.92. The maximum absolute atomic E-state index is 10.6. The highest BCUT2D eigenvalue weighted by Crippen LogP contribution is 2.04. The van der Waals surface area contributed by atoms with Crippen LogP contribution in [0.1, 0.15) is 0 Å². The van der Waals surface area contributed by atoms with Crippen molar-refractivity contribution in [3.63, 3.8) is 0 Å². The molecule has 0 unspecified atom stereocenters. The van der Waals surface area contributed by atoms with Crippen LogP contribution in [-0.4, -0.2) is 12.5 Å². The van der Waals surface area contributed by atoms with Crippen molar-refractivity contribution in [3.8, 4) is 0 Å². The first-order valence-corrected chi connectivity index (χ1v) is 3.10. The fraction of sp³-hybridized carbons (Fsp3) is 0.167. The Morgan fingerprint density at radius 3 is 2.64 bits per heavy atom. The second-order valence-electron chi connectivity index (χ2n) is 2.25. The summed E-state index contributed by atoms with van der Waals surface area (Å²) in [6, 6.07) is 0. The summed E-state index contributed by atoms with van der Waals surface area (Å²) in [5.41, 5.74) is 16.6. The normalized spacial score (nSPS) is 17.3. The van der Waals surface area contributed by atoms with Crippen LogP contribution in [0, 0.1) is 0 Å². The summed E-state index contributed by atoms with van der Waals surface area (Å²) in [5, 5.41) is 2.74. The van der Waals surface area contributed by atoms with Crippen LogP contribution in [-0.2, 0) is 4.79 Å². The smallest absolute Gasteiger partial charge is 0.248 e. The molecule has 0 aromatic heterocycles. The number of amides is 1. The molecule has 0 fully saturated rings. The molecule has 5 nitrogen and oxygen atoms in total. The van der Waals surface area contributed by atoms with Crippen LogP contribution in [0.3, 0.4) is 0 Å². The quantitative estimate of drug-likeness (QED) is 0.353. The van der Waals surface area contributed by atoms with Crippen molar-refractivity contribution in [2.45, 2.75) is 0 Å². The number of dihydropyridines is 1. The minimum absolute atomic E-state index is 0.309. The summed E-state index contributed by atoms with van der Waals surface area (Å²) in [4.78, 5) is 10.6. The minimum Gasteiger partial charge on any atom is -0.398 e. The second kappa shape index (κ2) is 2.53. The molecule has 1 aliphatic rings. The van der Waals surface area contributed by atoms with Gasteiger partial charge in [-0.3, -0.25) is 4.79 Å². The molecule has 0 radical (unpaired) electrons. The van der Waals surface area contributed by atoms with Gasteiger partial charge in [0, 0.05) is 18.3 Å². The van der Waals surface area contributed by atoms with Crippen molar-refractivity contribution < 1.29 is 4.79 Å². The van der Waals surface area contributed by atoms with Gasteiger partial charge in [-0.05, 0) is 0 Å². The van der Waals surface area contributed by atoms with Gasteiger partial charge in [-0.1, -0.05) is 0 Å². The summed E-state index contributed by atoms with van der Waals surface area (Å²) in [5.74, 6) is -0.0637. The summed E-state index contributed by atoms with van der Waals surface area (Å²) in [6.07, 6.45) is 1.48. The molecule has 0 bridgehead atoms. The maximum Gasteiger partial charge on any atom is 0.248 e. The van der Waals surface area contributed by atoms with Crippen LogP contribution < -0.4 is 22.5 Å². The Morgan fingerprint density at radius 2 is 2.18 bits per heavy atom. The third kappa shape index (κ3) is 1.43. The molecule has 0 saturated heterocycles. The van der Waals surface area contributed by atoms with E-state index in [0.717, 1.165) is 0 Å². The monoisotopic (exact) mass is 154 g/mol. The Kier molecular flexibility index (Phi) is 1.72. The first-order valence-electron chi connectivity index (χ1n) is 3.10. The largest absolute Gasteiger partial charge is 0.398 e. The summed E-state index contributed by atoms with van der Waals surface area (Å²) in [6.45, 7) is 0.309. The summed E-state index contributed by atoms with van der Waals surface area (Å²) >= 11 is 0. The number of allylic oxidation sites excluding steroid dienone is 1. The number of nitrogens with one attached hydrogen (secondary N) is 1. The number of hydrogen-bond donors (Lipinski definition) is 4. The van der Waals surface area contributed by atoms with Crippen molar-refractivity contribution in [1.29, 1.82) is 0 Å². The molecule has 11 heavy (non-hydrogen) atoms. The van der Waals surface area contributed by atoms with E-state index < -0.39 is 5.91 Å². The zero-order chi connectivity index (χ0) is 8.43. The lowest BCUT2D eigenvalue weighted by molar-refractivity contribution is -0.114. The lowest BCUT2D eigenvalue weighted by Crippen LogP contribution is -2.33. The van der Waals surface area contributed by atoms with Gasteiger partial charge in [0.05, 0.1) is 11.4 Å². The van der Waals surface area contributed by atoms with E-state index in [1.807, 2.05) is 0 Å². The standard InChI is InChI=1S/C6H10N4O/c7-4-1-5(8)10-2-3(4)6(9)11/h1,10H,2,7-8H2,(H2,9,11). The SMILES string of the molecule is NC(=O)C1=C(N)C=C(N)NC1. The zero-order valence-electron chi connectivity index (χ0n) is 5.92. The molecule has 0 atom stereocenters. The van der Waals surface area contributed by atoms with Crippen molar-refractivity contribution in [1.82, 2.24) is 5.32 Å². The van der Waals surface area contributed by atoms with Gasteiger partial charge in [0.2, 0.25) is 5.91 Å². The molecule has 1 amide bonds. The Hall–Kier alpha value is -1.65. The summed E-state index contributed by atoms with van der Waals surface area (Å²) in [7, 11) is 0. The highest BCUT2D eigenvalue weighted by Gasteiger charge is 2.12. The fourth-order valence-corrected chi connectivity index (χ4v) is 0.828. The molecular formula is C6H10N4O. The summed E-state index contributed by atoms with van der Waals surface area (Å²) < 4.78 is 0. The van der Waals surface area contributed by atoms with Crippen LogP contribution in [0.25, 0.3) is 0 Å². The molecule has 0 aromatic carbocycles. The Labute approximate surface area is 63.9 Å². The van der Waals surface area contributed by atoms with Crippen molar-refractivity contribution in [3.05, 3.63) is 23.2 Å². The Bertz CT molecular complexity index is 253. The molecule has 0 spiro atoms. The number of rotatable bonds is 1. The van der Waals surface area contributed by atoms with Crippen molar-refractivity contribution in [2.75, 3.05) is 6.54 Å². The third-order valence-electron chi connectivity index (χ3n) is 1.43. The number of hydrogen-bond acceptors (Lipinski definition) is 4. The molecule has 0 aliphatic carbocycles. The van der Waals surface area contributed by atoms with Gasteiger partial charge >= 0.3 is 0 Å². The van der Waals surface area contributed by atoms with Crippen LogP contribution in [0.4, 0.5) is 0 Å². The molecule has 1 rings (SSSR count). The van der Waals surface area contributed by atoms with E-state index >= 15 is 0 Å². The van der Waals surface area contributed by atoms with E-state index in [0.29, 0.717) is 23.6 Å². The Balaban J connectivity index is 2.95. The second-order valence-corrected chi connectivity index (χ2v) is 2.25. The average molecular weight is 154 g/mol. The molecule has 1 heterocycles. The van der Waals surface area contributed by atoms with E-state index in [1.54, 1.807) is 0 Å². The fourth-order valence-electron chi connectivity index (χ4n) is 0.828. The first kappa shape index (κ1) is 7.46.